The molecule has 0 aromatic carbocycles. The fraction of sp³-hybridized carbons (Fsp3) is 0.625. The SMILES string of the molecule is COC(=O)C(C)OC(=O)COC(=O)CP1O[P+]1=N. The molecule has 1 aliphatic heterocycles. The molecule has 0 bridgehead atoms. The summed E-state index contributed by atoms with van der Waals surface area (Å²) in [4.78, 5) is 33.3. The number of rotatable bonds is 6. The second kappa shape index (κ2) is 6.73. The summed E-state index contributed by atoms with van der Waals surface area (Å²) in [6.07, 6.45) is -1.02. The molecule has 1 rings (SSSR count). The van der Waals surface area contributed by atoms with E-state index in [0.29, 0.717) is 0 Å². The van der Waals surface area contributed by atoms with Crippen LogP contribution in [0.15, 0.2) is 0 Å². The van der Waals surface area contributed by atoms with Gasteiger partial charge < -0.3 is 14.2 Å². The van der Waals surface area contributed by atoms with Gasteiger partial charge in [-0.15, -0.1) is 0 Å². The lowest BCUT2D eigenvalue weighted by molar-refractivity contribution is -0.169. The quantitative estimate of drug-likeness (QED) is 0.338. The Balaban J connectivity index is 2.18. The van der Waals surface area contributed by atoms with E-state index < -0.39 is 46.1 Å². The predicted octanol–water partition coefficient (Wildman–Crippen LogP) is 1.14. The molecule has 1 aliphatic rings. The van der Waals surface area contributed by atoms with Crippen molar-refractivity contribution in [1.29, 1.82) is 5.16 Å². The van der Waals surface area contributed by atoms with Crippen molar-refractivity contribution in [2.24, 2.45) is 0 Å². The number of nitrogens with one attached hydrogen (secondary N) is 1. The molecule has 1 fully saturated rings. The fourth-order valence-electron chi connectivity index (χ4n) is 0.907. The highest BCUT2D eigenvalue weighted by atomic mass is 32.1. The lowest BCUT2D eigenvalue weighted by Gasteiger charge is -2.10. The number of carbonyl (C=O) groups is 3. The predicted molar refractivity (Wildman–Crippen MR) is 61.0 cm³/mol. The molecule has 0 saturated carbocycles. The molecule has 0 aromatic rings. The molecule has 0 amide bonds. The average Bonchev–Trinajstić information content (AvgIpc) is 3.01. The molecule has 0 spiro atoms. The highest BCUT2D eigenvalue weighted by molar-refractivity contribution is 8.33. The zero-order chi connectivity index (χ0) is 13.7. The van der Waals surface area contributed by atoms with Crippen molar-refractivity contribution >= 4 is 33.4 Å². The van der Waals surface area contributed by atoms with E-state index in [9.17, 15) is 14.4 Å². The number of hydrogen-bond donors (Lipinski definition) is 1. The van der Waals surface area contributed by atoms with Crippen molar-refractivity contribution in [2.75, 3.05) is 19.9 Å². The maximum absolute atomic E-state index is 11.2. The summed E-state index contributed by atoms with van der Waals surface area (Å²) < 4.78 is 18.4. The van der Waals surface area contributed by atoms with E-state index in [2.05, 4.69) is 14.2 Å². The highest BCUT2D eigenvalue weighted by Gasteiger charge is 2.55. The smallest absolute Gasteiger partial charge is 0.426 e. The normalized spacial score (nSPS) is 20.8. The zero-order valence-electron chi connectivity index (χ0n) is 9.74. The summed E-state index contributed by atoms with van der Waals surface area (Å²) in [5, 5.41) is 7.14. The number of methoxy groups -OCH3 is 1. The number of esters is 3. The molecule has 18 heavy (non-hydrogen) atoms. The average molecular weight is 296 g/mol. The van der Waals surface area contributed by atoms with E-state index >= 15 is 0 Å². The third-order valence-electron chi connectivity index (χ3n) is 1.81. The van der Waals surface area contributed by atoms with E-state index in [-0.39, 0.29) is 6.16 Å². The molecular formula is C8H12NO7P2+. The molecule has 10 heteroatoms. The molecule has 0 aliphatic carbocycles. The van der Waals surface area contributed by atoms with Gasteiger partial charge in [0.1, 0.15) is 6.16 Å². The summed E-state index contributed by atoms with van der Waals surface area (Å²) in [7, 11) is -0.991. The van der Waals surface area contributed by atoms with Crippen LogP contribution < -0.4 is 0 Å². The van der Waals surface area contributed by atoms with Gasteiger partial charge in [0.2, 0.25) is 0 Å². The van der Waals surface area contributed by atoms with Crippen LogP contribution in [0.5, 0.6) is 0 Å². The zero-order valence-corrected chi connectivity index (χ0v) is 11.5. The van der Waals surface area contributed by atoms with Gasteiger partial charge in [0, 0.05) is 0 Å². The molecule has 0 aromatic heterocycles. The van der Waals surface area contributed by atoms with Crippen LogP contribution in [0, 0.1) is 5.16 Å². The van der Waals surface area contributed by atoms with E-state index in [1.807, 2.05) is 0 Å². The molecule has 1 saturated heterocycles. The number of carbonyl (C=O) groups excluding carboxylic acids is 3. The molecule has 3 atom stereocenters. The van der Waals surface area contributed by atoms with Crippen LogP contribution in [0.2, 0.25) is 0 Å². The fourth-order valence-corrected chi connectivity index (χ4v) is 3.69. The number of hydrogen-bond acceptors (Lipinski definition) is 8. The molecular weight excluding hydrogens is 284 g/mol. The summed E-state index contributed by atoms with van der Waals surface area (Å²) in [6, 6.07) is 0. The van der Waals surface area contributed by atoms with Crippen molar-refractivity contribution in [2.45, 2.75) is 13.0 Å². The van der Waals surface area contributed by atoms with E-state index in [4.69, 9.17) is 9.47 Å². The second-order valence-corrected chi connectivity index (χ2v) is 7.83. The molecule has 1 N–H and O–H groups in total. The van der Waals surface area contributed by atoms with Crippen molar-refractivity contribution < 1.29 is 32.9 Å². The van der Waals surface area contributed by atoms with Gasteiger partial charge in [-0.05, 0) is 6.92 Å². The third kappa shape index (κ3) is 5.04. The summed E-state index contributed by atoms with van der Waals surface area (Å²) in [5.74, 6) is -2.13. The maximum atomic E-state index is 11.2. The van der Waals surface area contributed by atoms with Gasteiger partial charge in [-0.2, -0.15) is 0 Å². The first-order valence-corrected chi connectivity index (χ1v) is 8.25. The van der Waals surface area contributed by atoms with Crippen LogP contribution in [0.25, 0.3) is 0 Å². The van der Waals surface area contributed by atoms with E-state index in [1.54, 1.807) is 0 Å². The molecule has 0 radical (unpaired) electrons. The van der Waals surface area contributed by atoms with Crippen LogP contribution in [-0.2, 0) is 32.9 Å². The van der Waals surface area contributed by atoms with Gasteiger partial charge in [0.25, 0.3) is 0 Å². The lowest BCUT2D eigenvalue weighted by Crippen LogP contribution is -2.28. The van der Waals surface area contributed by atoms with Crippen LogP contribution in [-0.4, -0.2) is 43.9 Å². The summed E-state index contributed by atoms with van der Waals surface area (Å²) >= 11 is 0. The van der Waals surface area contributed by atoms with Crippen LogP contribution in [0.4, 0.5) is 0 Å². The first-order chi connectivity index (χ1) is 8.43. The molecule has 3 unspecified atom stereocenters. The van der Waals surface area contributed by atoms with Crippen molar-refractivity contribution in [3.8, 4) is 0 Å². The largest absolute Gasteiger partial charge is 0.466 e. The monoisotopic (exact) mass is 296 g/mol. The van der Waals surface area contributed by atoms with Gasteiger partial charge in [-0.1, -0.05) is 9.47 Å². The van der Waals surface area contributed by atoms with Gasteiger partial charge in [0.15, 0.2) is 12.7 Å². The number of ether oxygens (including phenoxy) is 3. The van der Waals surface area contributed by atoms with Gasteiger partial charge in [-0.25, -0.2) is 9.59 Å². The minimum atomic E-state index is -1.18. The molecule has 8 nitrogen and oxygen atoms in total. The Morgan fingerprint density at radius 1 is 1.39 bits per heavy atom. The van der Waals surface area contributed by atoms with Crippen LogP contribution >= 0.6 is 15.5 Å². The Bertz CT molecular complexity index is 386. The van der Waals surface area contributed by atoms with Crippen LogP contribution in [0.3, 0.4) is 0 Å². The molecule has 1 heterocycles. The topological polar surface area (TPSA) is 115 Å². The van der Waals surface area contributed by atoms with E-state index in [0.717, 1.165) is 0 Å². The maximum Gasteiger partial charge on any atom is 0.426 e. The minimum Gasteiger partial charge on any atom is -0.466 e. The van der Waals surface area contributed by atoms with Crippen LogP contribution in [0.1, 0.15) is 6.92 Å². The minimum absolute atomic E-state index is 0.0182. The Hall–Kier alpha value is -1.10. The highest BCUT2D eigenvalue weighted by Crippen LogP contribution is 2.84. The lowest BCUT2D eigenvalue weighted by atomic mass is 10.4. The molecule has 100 valence electrons. The van der Waals surface area contributed by atoms with Crippen molar-refractivity contribution in [3.05, 3.63) is 0 Å². The Morgan fingerprint density at radius 3 is 2.50 bits per heavy atom. The van der Waals surface area contributed by atoms with E-state index in [1.165, 1.54) is 14.0 Å². The Kier molecular flexibility index (Phi) is 5.59. The Labute approximate surface area is 105 Å². The first kappa shape index (κ1) is 15.0. The van der Waals surface area contributed by atoms with Crippen molar-refractivity contribution in [1.82, 2.24) is 0 Å². The van der Waals surface area contributed by atoms with Gasteiger partial charge in [0.05, 0.1) is 7.11 Å². The van der Waals surface area contributed by atoms with Gasteiger partial charge in [-0.3, -0.25) is 4.79 Å². The summed E-state index contributed by atoms with van der Waals surface area (Å²) in [6.45, 7) is 0.777. The second-order valence-electron chi connectivity index (χ2n) is 3.18. The summed E-state index contributed by atoms with van der Waals surface area (Å²) in [5.41, 5.74) is 0. The van der Waals surface area contributed by atoms with Crippen molar-refractivity contribution in [3.63, 3.8) is 0 Å². The van der Waals surface area contributed by atoms with Gasteiger partial charge >= 0.3 is 33.4 Å². The third-order valence-corrected chi connectivity index (χ3v) is 5.56. The standard InChI is InChI=1S/C8H12NO7P2/c1-5(8(12)13-2)15-6(10)3-14-7(11)4-17-16-18(17)9/h5,9H,3-4H2,1-2H3/q+1. The first-order valence-electron chi connectivity index (χ1n) is 4.84. The Morgan fingerprint density at radius 2 is 2.00 bits per heavy atom.